The third kappa shape index (κ3) is 2.89. The molecule has 1 aromatic carbocycles. The molecule has 1 aliphatic rings. The fourth-order valence-electron chi connectivity index (χ4n) is 1.55. The number of nitrogen functional groups attached to an aromatic ring is 1. The van der Waals surface area contributed by atoms with Crippen LogP contribution in [-0.4, -0.2) is 22.0 Å². The summed E-state index contributed by atoms with van der Waals surface area (Å²) in [6.07, 6.45) is 2.48. The summed E-state index contributed by atoms with van der Waals surface area (Å²) in [6, 6.07) is 4.69. The summed E-state index contributed by atoms with van der Waals surface area (Å²) in [5.74, 6) is 0.707. The molecule has 0 radical (unpaired) electrons. The number of rotatable bonds is 5. The zero-order valence-corrected chi connectivity index (χ0v) is 10.5. The van der Waals surface area contributed by atoms with Crippen LogP contribution in [0.4, 0.5) is 11.4 Å². The highest BCUT2D eigenvalue weighted by molar-refractivity contribution is 7.89. The van der Waals surface area contributed by atoms with Crippen LogP contribution in [0.1, 0.15) is 12.8 Å². The second-order valence-corrected chi connectivity index (χ2v) is 6.17. The van der Waals surface area contributed by atoms with Crippen molar-refractivity contribution in [2.24, 2.45) is 5.92 Å². The first kappa shape index (κ1) is 12.2. The summed E-state index contributed by atoms with van der Waals surface area (Å²) in [5.41, 5.74) is 7.06. The fraction of sp³-hybridized carbons (Fsp3) is 0.455. The zero-order valence-electron chi connectivity index (χ0n) is 9.73. The molecule has 5 nitrogen and oxygen atoms in total. The molecule has 1 aliphatic carbocycles. The minimum Gasteiger partial charge on any atom is -0.397 e. The van der Waals surface area contributed by atoms with Crippen molar-refractivity contribution in [3.8, 4) is 0 Å². The Hall–Kier alpha value is -1.27. The molecule has 0 saturated heterocycles. The minimum absolute atomic E-state index is 0.229. The van der Waals surface area contributed by atoms with Crippen LogP contribution in [0.3, 0.4) is 0 Å². The Morgan fingerprint density at radius 2 is 2.12 bits per heavy atom. The highest BCUT2D eigenvalue weighted by Crippen LogP contribution is 2.30. The summed E-state index contributed by atoms with van der Waals surface area (Å²) in [4.78, 5) is 0.229. The Labute approximate surface area is 101 Å². The average molecular weight is 255 g/mol. The van der Waals surface area contributed by atoms with Crippen molar-refractivity contribution in [1.29, 1.82) is 0 Å². The van der Waals surface area contributed by atoms with Gasteiger partial charge in [0.15, 0.2) is 0 Å². The lowest BCUT2D eigenvalue weighted by atomic mass is 10.2. The van der Waals surface area contributed by atoms with Gasteiger partial charge < -0.3 is 11.1 Å². The zero-order chi connectivity index (χ0) is 12.5. The maximum absolute atomic E-state index is 11.6. The standard InChI is InChI=1S/C11H17N3O2S/c1-13-17(15,16)9-4-5-10(12)11(6-9)14-7-8-2-3-8/h4-6,8,13-14H,2-3,7,12H2,1H3. The molecule has 94 valence electrons. The van der Waals surface area contributed by atoms with Gasteiger partial charge in [0.25, 0.3) is 0 Å². The lowest BCUT2D eigenvalue weighted by Crippen LogP contribution is -2.19. The van der Waals surface area contributed by atoms with Gasteiger partial charge in [-0.25, -0.2) is 13.1 Å². The molecular formula is C11H17N3O2S. The van der Waals surface area contributed by atoms with Crippen LogP contribution in [0.25, 0.3) is 0 Å². The summed E-state index contributed by atoms with van der Waals surface area (Å²) < 4.78 is 25.6. The monoisotopic (exact) mass is 255 g/mol. The smallest absolute Gasteiger partial charge is 0.240 e. The molecule has 1 saturated carbocycles. The normalized spacial score (nSPS) is 15.8. The highest BCUT2D eigenvalue weighted by atomic mass is 32.2. The summed E-state index contributed by atoms with van der Waals surface area (Å²) in [5, 5.41) is 3.19. The number of anilines is 2. The molecule has 0 aliphatic heterocycles. The predicted molar refractivity (Wildman–Crippen MR) is 68.3 cm³/mol. The van der Waals surface area contributed by atoms with Crippen molar-refractivity contribution >= 4 is 21.4 Å². The van der Waals surface area contributed by atoms with Crippen LogP contribution in [0.5, 0.6) is 0 Å². The van der Waals surface area contributed by atoms with E-state index in [0.717, 1.165) is 6.54 Å². The van der Waals surface area contributed by atoms with E-state index in [9.17, 15) is 8.42 Å². The minimum atomic E-state index is -3.41. The molecule has 4 N–H and O–H groups in total. The van der Waals surface area contributed by atoms with Gasteiger partial charge in [-0.2, -0.15) is 0 Å². The van der Waals surface area contributed by atoms with Gasteiger partial charge in [0, 0.05) is 6.54 Å². The van der Waals surface area contributed by atoms with E-state index in [0.29, 0.717) is 17.3 Å². The van der Waals surface area contributed by atoms with Crippen molar-refractivity contribution in [1.82, 2.24) is 4.72 Å². The van der Waals surface area contributed by atoms with Gasteiger partial charge in [-0.3, -0.25) is 0 Å². The predicted octanol–water partition coefficient (Wildman–Crippen LogP) is 0.999. The van der Waals surface area contributed by atoms with E-state index in [1.807, 2.05) is 0 Å². The number of nitrogens with two attached hydrogens (primary N) is 1. The van der Waals surface area contributed by atoms with Crippen LogP contribution in [0.15, 0.2) is 23.1 Å². The second-order valence-electron chi connectivity index (χ2n) is 4.28. The molecular weight excluding hydrogens is 238 g/mol. The van der Waals surface area contributed by atoms with E-state index in [1.54, 1.807) is 12.1 Å². The largest absolute Gasteiger partial charge is 0.397 e. The molecule has 0 atom stereocenters. The van der Waals surface area contributed by atoms with E-state index in [-0.39, 0.29) is 4.90 Å². The highest BCUT2D eigenvalue weighted by Gasteiger charge is 2.21. The topological polar surface area (TPSA) is 84.2 Å². The maximum Gasteiger partial charge on any atom is 0.240 e. The van der Waals surface area contributed by atoms with Crippen LogP contribution in [-0.2, 0) is 10.0 Å². The molecule has 0 spiro atoms. The van der Waals surface area contributed by atoms with Gasteiger partial charge in [-0.15, -0.1) is 0 Å². The van der Waals surface area contributed by atoms with Crippen LogP contribution >= 0.6 is 0 Å². The summed E-state index contributed by atoms with van der Waals surface area (Å²) in [7, 11) is -2.01. The SMILES string of the molecule is CNS(=O)(=O)c1ccc(N)c(NCC2CC2)c1. The molecule has 2 rings (SSSR count). The van der Waals surface area contributed by atoms with E-state index in [1.165, 1.54) is 26.0 Å². The Bertz CT molecular complexity index is 509. The van der Waals surface area contributed by atoms with Gasteiger partial charge in [0.05, 0.1) is 16.3 Å². The van der Waals surface area contributed by atoms with Gasteiger partial charge in [-0.05, 0) is 44.0 Å². The first-order valence-corrected chi connectivity index (χ1v) is 7.08. The number of nitrogens with one attached hydrogen (secondary N) is 2. The van der Waals surface area contributed by atoms with Gasteiger partial charge in [0.1, 0.15) is 0 Å². The quantitative estimate of drug-likeness (QED) is 0.685. The molecule has 0 amide bonds. The van der Waals surface area contributed by atoms with Gasteiger partial charge >= 0.3 is 0 Å². The summed E-state index contributed by atoms with van der Waals surface area (Å²) in [6.45, 7) is 0.854. The van der Waals surface area contributed by atoms with Gasteiger partial charge in [-0.1, -0.05) is 0 Å². The molecule has 1 aromatic rings. The maximum atomic E-state index is 11.6. The molecule has 1 fully saturated rings. The lowest BCUT2D eigenvalue weighted by Gasteiger charge is -2.11. The number of benzene rings is 1. The molecule has 0 unspecified atom stereocenters. The van der Waals surface area contributed by atoms with E-state index < -0.39 is 10.0 Å². The average Bonchev–Trinajstić information content (AvgIpc) is 3.11. The molecule has 17 heavy (non-hydrogen) atoms. The Morgan fingerprint density at radius 3 is 2.71 bits per heavy atom. The third-order valence-electron chi connectivity index (χ3n) is 2.88. The van der Waals surface area contributed by atoms with Crippen molar-refractivity contribution in [2.45, 2.75) is 17.7 Å². The molecule has 0 bridgehead atoms. The first-order valence-electron chi connectivity index (χ1n) is 5.60. The van der Waals surface area contributed by atoms with E-state index in [2.05, 4.69) is 10.0 Å². The van der Waals surface area contributed by atoms with Crippen molar-refractivity contribution < 1.29 is 8.42 Å². The third-order valence-corrected chi connectivity index (χ3v) is 4.29. The number of sulfonamides is 1. The van der Waals surface area contributed by atoms with Crippen molar-refractivity contribution in [3.05, 3.63) is 18.2 Å². The van der Waals surface area contributed by atoms with Crippen LogP contribution < -0.4 is 15.8 Å². The number of hydrogen-bond donors (Lipinski definition) is 3. The van der Waals surface area contributed by atoms with Crippen molar-refractivity contribution in [3.63, 3.8) is 0 Å². The van der Waals surface area contributed by atoms with E-state index in [4.69, 9.17) is 5.73 Å². The molecule has 6 heteroatoms. The van der Waals surface area contributed by atoms with Crippen LogP contribution in [0, 0.1) is 5.92 Å². The molecule has 0 aromatic heterocycles. The second kappa shape index (κ2) is 4.54. The number of hydrogen-bond acceptors (Lipinski definition) is 4. The lowest BCUT2D eigenvalue weighted by molar-refractivity contribution is 0.588. The Morgan fingerprint density at radius 1 is 1.41 bits per heavy atom. The van der Waals surface area contributed by atoms with Gasteiger partial charge in [0.2, 0.25) is 10.0 Å². The fourth-order valence-corrected chi connectivity index (χ4v) is 2.31. The van der Waals surface area contributed by atoms with Crippen LogP contribution in [0.2, 0.25) is 0 Å². The summed E-state index contributed by atoms with van der Waals surface area (Å²) >= 11 is 0. The molecule has 0 heterocycles. The Balaban J connectivity index is 2.21. The van der Waals surface area contributed by atoms with Crippen molar-refractivity contribution in [2.75, 3.05) is 24.6 Å². The Kier molecular flexibility index (Phi) is 3.26. The van der Waals surface area contributed by atoms with E-state index >= 15 is 0 Å². The first-order chi connectivity index (χ1) is 8.03.